The van der Waals surface area contributed by atoms with Crippen molar-refractivity contribution in [2.75, 3.05) is 5.32 Å². The molecule has 4 nitrogen and oxygen atoms in total. The van der Waals surface area contributed by atoms with Gasteiger partial charge in [0, 0.05) is 11.8 Å². The Balaban J connectivity index is 1.96. The number of anilines is 1. The number of nitrogens with zero attached hydrogens (tertiary/aromatic N) is 1. The molecule has 0 saturated carbocycles. The number of halogens is 4. The maximum Gasteiger partial charge on any atom is 0.259 e. The van der Waals surface area contributed by atoms with Crippen molar-refractivity contribution in [1.82, 2.24) is 0 Å². The lowest BCUT2D eigenvalue weighted by molar-refractivity contribution is 0.102. The molecule has 29 heavy (non-hydrogen) atoms. The van der Waals surface area contributed by atoms with Gasteiger partial charge in [-0.2, -0.15) is 5.26 Å². The first kappa shape index (κ1) is 20.6. The number of carbonyl (C=O) groups excluding carboxylic acids is 1. The number of amides is 1. The van der Waals surface area contributed by atoms with E-state index < -0.39 is 17.5 Å². The van der Waals surface area contributed by atoms with E-state index in [-0.39, 0.29) is 32.6 Å². The molecule has 0 bridgehead atoms. The summed E-state index contributed by atoms with van der Waals surface area (Å²) in [4.78, 5) is 12.8. The molecule has 0 aliphatic rings. The van der Waals surface area contributed by atoms with Gasteiger partial charge in [0.2, 0.25) is 0 Å². The van der Waals surface area contributed by atoms with E-state index in [1.165, 1.54) is 42.5 Å². The summed E-state index contributed by atoms with van der Waals surface area (Å²) in [6, 6.07) is 11.9. The highest BCUT2D eigenvalue weighted by Crippen LogP contribution is 2.35. The average molecular weight is 433 g/mol. The van der Waals surface area contributed by atoms with Crippen molar-refractivity contribution >= 4 is 34.8 Å². The van der Waals surface area contributed by atoms with Crippen LogP contribution in [0.15, 0.2) is 48.5 Å². The van der Waals surface area contributed by atoms with Crippen molar-refractivity contribution in [2.24, 2.45) is 0 Å². The number of benzene rings is 3. The van der Waals surface area contributed by atoms with Gasteiger partial charge in [-0.05, 0) is 55.0 Å². The van der Waals surface area contributed by atoms with E-state index in [2.05, 4.69) is 5.32 Å². The smallest absolute Gasteiger partial charge is 0.259 e. The normalized spacial score (nSPS) is 10.3. The van der Waals surface area contributed by atoms with E-state index in [4.69, 9.17) is 33.2 Å². The van der Waals surface area contributed by atoms with Crippen LogP contribution in [0.3, 0.4) is 0 Å². The molecular formula is C21H12Cl2F2N2O2. The predicted octanol–water partition coefficient (Wildman–Crippen LogP) is 6.50. The molecule has 1 N–H and O–H groups in total. The van der Waals surface area contributed by atoms with Gasteiger partial charge in [0.05, 0.1) is 21.2 Å². The summed E-state index contributed by atoms with van der Waals surface area (Å²) >= 11 is 12.1. The van der Waals surface area contributed by atoms with Crippen LogP contribution in [-0.4, -0.2) is 5.91 Å². The topological polar surface area (TPSA) is 62.1 Å². The van der Waals surface area contributed by atoms with Crippen LogP contribution >= 0.6 is 23.2 Å². The second-order valence-electron chi connectivity index (χ2n) is 6.03. The zero-order valence-corrected chi connectivity index (χ0v) is 16.4. The van der Waals surface area contributed by atoms with Gasteiger partial charge >= 0.3 is 0 Å². The van der Waals surface area contributed by atoms with Crippen molar-refractivity contribution in [2.45, 2.75) is 6.92 Å². The Morgan fingerprint density at radius 2 is 1.76 bits per heavy atom. The minimum Gasteiger partial charge on any atom is -0.456 e. The summed E-state index contributed by atoms with van der Waals surface area (Å²) < 4.78 is 32.6. The molecule has 0 saturated heterocycles. The fourth-order valence-electron chi connectivity index (χ4n) is 2.52. The summed E-state index contributed by atoms with van der Waals surface area (Å²) in [5, 5.41) is 11.8. The second kappa shape index (κ2) is 8.48. The number of ether oxygens (including phenoxy) is 1. The predicted molar refractivity (Wildman–Crippen MR) is 107 cm³/mol. The quantitative estimate of drug-likeness (QED) is 0.511. The molecule has 0 aliphatic carbocycles. The number of nitriles is 1. The van der Waals surface area contributed by atoms with Crippen molar-refractivity contribution < 1.29 is 18.3 Å². The second-order valence-corrected chi connectivity index (χ2v) is 6.85. The van der Waals surface area contributed by atoms with Crippen LogP contribution in [-0.2, 0) is 0 Å². The van der Waals surface area contributed by atoms with Crippen molar-refractivity contribution in [1.29, 1.82) is 5.26 Å². The third kappa shape index (κ3) is 4.65. The number of hydrogen-bond donors (Lipinski definition) is 1. The van der Waals surface area contributed by atoms with E-state index in [1.54, 1.807) is 13.0 Å². The Morgan fingerprint density at radius 1 is 1.03 bits per heavy atom. The molecule has 146 valence electrons. The Hall–Kier alpha value is -3.14. The molecule has 0 aliphatic heterocycles. The van der Waals surface area contributed by atoms with Crippen molar-refractivity contribution in [3.8, 4) is 17.6 Å². The van der Waals surface area contributed by atoms with Gasteiger partial charge in [0.1, 0.15) is 29.2 Å². The molecule has 0 unspecified atom stereocenters. The minimum atomic E-state index is -0.698. The van der Waals surface area contributed by atoms with E-state index in [9.17, 15) is 13.6 Å². The summed E-state index contributed by atoms with van der Waals surface area (Å²) in [6.45, 7) is 1.65. The highest BCUT2D eigenvalue weighted by Gasteiger charge is 2.18. The van der Waals surface area contributed by atoms with Crippen LogP contribution in [0.2, 0.25) is 10.0 Å². The third-order valence-electron chi connectivity index (χ3n) is 3.97. The molecule has 0 spiro atoms. The number of carbonyl (C=O) groups is 1. The van der Waals surface area contributed by atoms with E-state index >= 15 is 0 Å². The number of rotatable bonds is 4. The Labute approximate surface area is 175 Å². The molecule has 3 rings (SSSR count). The fourth-order valence-corrected chi connectivity index (χ4v) is 2.84. The maximum atomic E-state index is 13.5. The van der Waals surface area contributed by atoms with Gasteiger partial charge in [0.25, 0.3) is 5.91 Å². The zero-order valence-electron chi connectivity index (χ0n) is 14.9. The van der Waals surface area contributed by atoms with E-state index in [1.807, 2.05) is 0 Å². The largest absolute Gasteiger partial charge is 0.456 e. The third-order valence-corrected chi connectivity index (χ3v) is 4.69. The van der Waals surface area contributed by atoms with Crippen molar-refractivity contribution in [3.63, 3.8) is 0 Å². The van der Waals surface area contributed by atoms with Gasteiger partial charge in [-0.3, -0.25) is 4.79 Å². The summed E-state index contributed by atoms with van der Waals surface area (Å²) in [5.74, 6) is -1.32. The summed E-state index contributed by atoms with van der Waals surface area (Å²) in [7, 11) is 0. The SMILES string of the molecule is Cc1cc(F)ccc1Oc1cc(Cl)c(Cl)cc1C(=O)Nc1ccc(F)c(C#N)c1. The first-order valence-electron chi connectivity index (χ1n) is 8.22. The standard InChI is InChI=1S/C21H12Cl2F2N2O2/c1-11-6-13(24)2-5-19(11)29-20-9-17(23)16(22)8-15(20)21(28)27-14-3-4-18(25)12(7-14)10-26/h2-9H,1H3,(H,27,28). The molecule has 0 radical (unpaired) electrons. The molecule has 0 fully saturated rings. The fraction of sp³-hybridized carbons (Fsp3) is 0.0476. The van der Waals surface area contributed by atoms with Crippen LogP contribution in [0.4, 0.5) is 14.5 Å². The van der Waals surface area contributed by atoms with Gasteiger partial charge in [-0.25, -0.2) is 8.78 Å². The number of aryl methyl sites for hydroxylation is 1. The first-order valence-corrected chi connectivity index (χ1v) is 8.98. The molecule has 1 amide bonds. The summed E-state index contributed by atoms with van der Waals surface area (Å²) in [5.41, 5.74) is 0.559. The maximum absolute atomic E-state index is 13.5. The first-order chi connectivity index (χ1) is 13.8. The van der Waals surface area contributed by atoms with Crippen LogP contribution in [0.5, 0.6) is 11.5 Å². The molecule has 3 aromatic carbocycles. The Bertz CT molecular complexity index is 1160. The van der Waals surface area contributed by atoms with E-state index in [0.717, 1.165) is 6.07 Å². The lowest BCUT2D eigenvalue weighted by Crippen LogP contribution is -2.13. The Morgan fingerprint density at radius 3 is 2.45 bits per heavy atom. The van der Waals surface area contributed by atoms with Crippen LogP contribution in [0.25, 0.3) is 0 Å². The van der Waals surface area contributed by atoms with Crippen LogP contribution in [0.1, 0.15) is 21.5 Å². The molecular weight excluding hydrogens is 421 g/mol. The molecule has 3 aromatic rings. The molecule has 0 atom stereocenters. The van der Waals surface area contributed by atoms with Crippen molar-refractivity contribution in [3.05, 3.63) is 86.9 Å². The molecule has 0 heterocycles. The lowest BCUT2D eigenvalue weighted by atomic mass is 10.1. The van der Waals surface area contributed by atoms with Crippen LogP contribution in [0, 0.1) is 29.9 Å². The van der Waals surface area contributed by atoms with Gasteiger partial charge in [-0.15, -0.1) is 0 Å². The number of nitrogens with one attached hydrogen (secondary N) is 1. The molecule has 8 heteroatoms. The van der Waals surface area contributed by atoms with Crippen LogP contribution < -0.4 is 10.1 Å². The summed E-state index contributed by atoms with van der Waals surface area (Å²) in [6.07, 6.45) is 0. The molecule has 0 aromatic heterocycles. The van der Waals surface area contributed by atoms with Gasteiger partial charge in [-0.1, -0.05) is 23.2 Å². The average Bonchev–Trinajstić information content (AvgIpc) is 2.68. The Kier molecular flexibility index (Phi) is 6.02. The number of hydrogen-bond acceptors (Lipinski definition) is 3. The lowest BCUT2D eigenvalue weighted by Gasteiger charge is -2.14. The monoisotopic (exact) mass is 432 g/mol. The van der Waals surface area contributed by atoms with E-state index in [0.29, 0.717) is 11.3 Å². The zero-order chi connectivity index (χ0) is 21.1. The highest BCUT2D eigenvalue weighted by atomic mass is 35.5. The van der Waals surface area contributed by atoms with Gasteiger partial charge in [0.15, 0.2) is 0 Å². The minimum absolute atomic E-state index is 0.0472. The van der Waals surface area contributed by atoms with Gasteiger partial charge < -0.3 is 10.1 Å². The highest BCUT2D eigenvalue weighted by molar-refractivity contribution is 6.42.